The Labute approximate surface area is 125 Å². The van der Waals surface area contributed by atoms with Crippen molar-refractivity contribution in [3.8, 4) is 0 Å². The predicted octanol–water partition coefficient (Wildman–Crippen LogP) is 4.46. The van der Waals surface area contributed by atoms with Crippen molar-refractivity contribution in [3.63, 3.8) is 0 Å². The van der Waals surface area contributed by atoms with Gasteiger partial charge in [-0.05, 0) is 6.42 Å². The van der Waals surface area contributed by atoms with E-state index in [0.717, 1.165) is 6.42 Å². The summed E-state index contributed by atoms with van der Waals surface area (Å²) in [6.07, 6.45) is 7.84. The zero-order valence-electron chi connectivity index (χ0n) is 13.1. The monoisotopic (exact) mass is 288 g/mol. The molecule has 0 radical (unpaired) electrons. The third-order valence-corrected chi connectivity index (χ3v) is 6.36. The van der Waals surface area contributed by atoms with Gasteiger partial charge in [0.25, 0.3) is 0 Å². The summed E-state index contributed by atoms with van der Waals surface area (Å²) in [5.41, 5.74) is 2.41. The zero-order valence-corrected chi connectivity index (χ0v) is 14.1. The van der Waals surface area contributed by atoms with Gasteiger partial charge in [-0.1, -0.05) is 86.2 Å². The van der Waals surface area contributed by atoms with E-state index in [1.807, 2.05) is 6.08 Å². The van der Waals surface area contributed by atoms with Crippen LogP contribution in [-0.2, 0) is 4.74 Å². The van der Waals surface area contributed by atoms with Gasteiger partial charge in [0, 0.05) is 0 Å². The van der Waals surface area contributed by atoms with Crippen LogP contribution >= 0.6 is 0 Å². The number of benzene rings is 1. The van der Waals surface area contributed by atoms with Crippen LogP contribution in [0.25, 0.3) is 0 Å². The Hall–Kier alpha value is -1.12. The summed E-state index contributed by atoms with van der Waals surface area (Å²) in [5, 5.41) is 1.47. The van der Waals surface area contributed by atoms with Crippen LogP contribution in [0.15, 0.2) is 54.8 Å². The predicted molar refractivity (Wildman–Crippen MR) is 92.2 cm³/mol. The quantitative estimate of drug-likeness (QED) is 0.481. The lowest BCUT2D eigenvalue weighted by Gasteiger charge is -2.20. The van der Waals surface area contributed by atoms with Gasteiger partial charge >= 0.3 is 0 Å². The lowest BCUT2D eigenvalue weighted by Crippen LogP contribution is -2.39. The normalized spacial score (nSPS) is 13.6. The molecule has 0 N–H and O–H groups in total. The van der Waals surface area contributed by atoms with Crippen molar-refractivity contribution in [2.45, 2.75) is 45.4 Å². The largest absolute Gasteiger partial charge is 0.370 e. The summed E-state index contributed by atoms with van der Waals surface area (Å²) in [4.78, 5) is 0. The molecule has 1 rings (SSSR count). The van der Waals surface area contributed by atoms with E-state index in [2.05, 4.69) is 68.7 Å². The van der Waals surface area contributed by atoms with E-state index < -0.39 is 8.07 Å². The van der Waals surface area contributed by atoms with E-state index in [9.17, 15) is 0 Å². The van der Waals surface area contributed by atoms with Crippen molar-refractivity contribution in [2.24, 2.45) is 0 Å². The molecule has 20 heavy (non-hydrogen) atoms. The molecule has 0 heterocycles. The summed E-state index contributed by atoms with van der Waals surface area (Å²) in [7, 11) is -1.51. The van der Waals surface area contributed by atoms with Crippen molar-refractivity contribution >= 4 is 13.3 Å². The van der Waals surface area contributed by atoms with Crippen LogP contribution in [0.1, 0.15) is 26.2 Å². The Morgan fingerprint density at radius 2 is 1.95 bits per heavy atom. The van der Waals surface area contributed by atoms with Gasteiger partial charge in [0.15, 0.2) is 0 Å². The molecule has 0 spiro atoms. The van der Waals surface area contributed by atoms with Gasteiger partial charge in [0.2, 0.25) is 0 Å². The minimum absolute atomic E-state index is 0.225. The van der Waals surface area contributed by atoms with Crippen LogP contribution in [0, 0.1) is 0 Å². The average molecular weight is 289 g/mol. The fourth-order valence-corrected chi connectivity index (χ4v) is 4.08. The van der Waals surface area contributed by atoms with Gasteiger partial charge in [0.05, 0.1) is 12.7 Å². The summed E-state index contributed by atoms with van der Waals surface area (Å²) < 4.78 is 5.84. The molecule has 1 aromatic rings. The molecule has 0 aliphatic carbocycles. The Kier molecular flexibility index (Phi) is 7.56. The second-order valence-electron chi connectivity index (χ2n) is 5.75. The van der Waals surface area contributed by atoms with Crippen LogP contribution in [0.3, 0.4) is 0 Å². The second kappa shape index (κ2) is 8.93. The average Bonchev–Trinajstić information content (AvgIpc) is 2.47. The highest BCUT2D eigenvalue weighted by Gasteiger charge is 2.19. The molecule has 0 saturated heterocycles. The first-order chi connectivity index (χ1) is 9.60. The number of unbranched alkanes of at least 4 members (excludes halogenated alkanes) is 1. The summed E-state index contributed by atoms with van der Waals surface area (Å²) >= 11 is 0. The summed E-state index contributed by atoms with van der Waals surface area (Å²) in [5.74, 6) is 0. The Morgan fingerprint density at radius 3 is 2.55 bits per heavy atom. The molecule has 1 atom stereocenters. The van der Waals surface area contributed by atoms with Crippen LogP contribution in [0.4, 0.5) is 0 Å². The maximum Gasteiger partial charge on any atom is 0.103 e. The maximum absolute atomic E-state index is 5.84. The SMILES string of the molecule is C=CCOC(/C=C/[Si](C)(C)c1ccccc1)CCCC. The van der Waals surface area contributed by atoms with E-state index in [4.69, 9.17) is 4.74 Å². The summed E-state index contributed by atoms with van der Waals surface area (Å²) in [6, 6.07) is 10.8. The maximum atomic E-state index is 5.84. The molecular formula is C18H28OSi. The Balaban J connectivity index is 2.71. The molecule has 0 saturated carbocycles. The minimum Gasteiger partial charge on any atom is -0.370 e. The highest BCUT2D eigenvalue weighted by atomic mass is 28.3. The number of hydrogen-bond acceptors (Lipinski definition) is 1. The summed E-state index contributed by atoms with van der Waals surface area (Å²) in [6.45, 7) is 11.3. The third kappa shape index (κ3) is 5.89. The first-order valence-corrected chi connectivity index (χ1v) is 10.6. The molecule has 0 aliphatic rings. The van der Waals surface area contributed by atoms with Gasteiger partial charge in [-0.2, -0.15) is 0 Å². The Morgan fingerprint density at radius 1 is 1.25 bits per heavy atom. The fourth-order valence-electron chi connectivity index (χ4n) is 2.14. The zero-order chi connectivity index (χ0) is 14.8. The van der Waals surface area contributed by atoms with E-state index in [1.165, 1.54) is 18.0 Å². The molecule has 0 amide bonds. The van der Waals surface area contributed by atoms with Gasteiger partial charge in [-0.3, -0.25) is 0 Å². The Bertz CT molecular complexity index is 409. The molecule has 0 aromatic heterocycles. The first kappa shape index (κ1) is 16.9. The van der Waals surface area contributed by atoms with Crippen molar-refractivity contribution in [2.75, 3.05) is 6.61 Å². The number of ether oxygens (including phenoxy) is 1. The smallest absolute Gasteiger partial charge is 0.103 e. The lowest BCUT2D eigenvalue weighted by atomic mass is 10.1. The van der Waals surface area contributed by atoms with Crippen molar-refractivity contribution in [1.82, 2.24) is 0 Å². The van der Waals surface area contributed by atoms with E-state index in [0.29, 0.717) is 6.61 Å². The van der Waals surface area contributed by atoms with Gasteiger partial charge < -0.3 is 4.74 Å². The minimum atomic E-state index is -1.51. The van der Waals surface area contributed by atoms with Gasteiger partial charge in [-0.15, -0.1) is 6.58 Å². The van der Waals surface area contributed by atoms with Crippen LogP contribution in [-0.4, -0.2) is 20.8 Å². The third-order valence-electron chi connectivity index (χ3n) is 3.52. The number of hydrogen-bond donors (Lipinski definition) is 0. The molecule has 0 fully saturated rings. The fraction of sp³-hybridized carbons (Fsp3) is 0.444. The molecular weight excluding hydrogens is 260 g/mol. The molecule has 0 bridgehead atoms. The highest BCUT2D eigenvalue weighted by Crippen LogP contribution is 2.11. The van der Waals surface area contributed by atoms with Crippen LogP contribution < -0.4 is 5.19 Å². The van der Waals surface area contributed by atoms with E-state index in [-0.39, 0.29) is 6.10 Å². The van der Waals surface area contributed by atoms with Gasteiger partial charge in [0.1, 0.15) is 8.07 Å². The topological polar surface area (TPSA) is 9.23 Å². The molecule has 0 aliphatic heterocycles. The lowest BCUT2D eigenvalue weighted by molar-refractivity contribution is 0.101. The molecule has 1 aromatic carbocycles. The highest BCUT2D eigenvalue weighted by molar-refractivity contribution is 6.93. The molecule has 1 unspecified atom stereocenters. The number of rotatable bonds is 9. The van der Waals surface area contributed by atoms with Crippen molar-refractivity contribution < 1.29 is 4.74 Å². The van der Waals surface area contributed by atoms with Crippen molar-refractivity contribution in [1.29, 1.82) is 0 Å². The molecule has 1 nitrogen and oxygen atoms in total. The van der Waals surface area contributed by atoms with Crippen LogP contribution in [0.2, 0.25) is 13.1 Å². The second-order valence-corrected chi connectivity index (χ2v) is 10.1. The van der Waals surface area contributed by atoms with E-state index >= 15 is 0 Å². The van der Waals surface area contributed by atoms with Crippen molar-refractivity contribution in [3.05, 3.63) is 54.8 Å². The first-order valence-electron chi connectivity index (χ1n) is 7.57. The molecule has 110 valence electrons. The van der Waals surface area contributed by atoms with E-state index in [1.54, 1.807) is 0 Å². The van der Waals surface area contributed by atoms with Gasteiger partial charge in [-0.25, -0.2) is 0 Å². The molecule has 2 heteroatoms. The van der Waals surface area contributed by atoms with Crippen LogP contribution in [0.5, 0.6) is 0 Å². The standard InChI is InChI=1S/C18H28OSi/c1-5-7-11-17(19-15-6-2)14-16-20(3,4)18-12-9-8-10-13-18/h6,8-10,12-14,16-17H,2,5,7,11,15H2,1,3-4H3/b16-14+.